The molecule has 0 radical (unpaired) electrons. The number of ether oxygens (including phenoxy) is 1. The number of halogens is 1. The molecular weight excluding hydrogens is 465 g/mol. The number of benzene rings is 1. The van der Waals surface area contributed by atoms with Crippen LogP contribution >= 0.6 is 24.0 Å². The minimum Gasteiger partial charge on any atom is -0.373 e. The Balaban J connectivity index is 0.00000225. The largest absolute Gasteiger partial charge is 0.373 e. The van der Waals surface area contributed by atoms with Gasteiger partial charge in [-0.15, -0.1) is 24.0 Å². The lowest BCUT2D eigenvalue weighted by atomic mass is 10.2. The third kappa shape index (κ3) is 5.30. The van der Waals surface area contributed by atoms with Crippen LogP contribution in [-0.4, -0.2) is 86.9 Å². The molecule has 0 saturated carbocycles. The highest BCUT2D eigenvalue weighted by atomic mass is 127. The fourth-order valence-corrected chi connectivity index (χ4v) is 4.43. The van der Waals surface area contributed by atoms with Crippen LogP contribution < -0.4 is 10.2 Å². The second-order valence-corrected chi connectivity index (χ2v) is 7.75. The summed E-state index contributed by atoms with van der Waals surface area (Å²) in [5.41, 5.74) is 1.31. The normalized spacial score (nSPS) is 26.0. The molecule has 3 heterocycles. The lowest BCUT2D eigenvalue weighted by molar-refractivity contribution is -0.0432. The number of rotatable bonds is 4. The van der Waals surface area contributed by atoms with Crippen molar-refractivity contribution in [1.82, 2.24) is 15.1 Å². The van der Waals surface area contributed by atoms with E-state index in [1.807, 2.05) is 0 Å². The maximum atomic E-state index is 6.08. The van der Waals surface area contributed by atoms with Crippen molar-refractivity contribution >= 4 is 35.6 Å². The van der Waals surface area contributed by atoms with Crippen LogP contribution in [0.4, 0.5) is 5.69 Å². The Kier molecular flexibility index (Phi) is 8.23. The lowest BCUT2D eigenvalue weighted by Gasteiger charge is -2.38. The van der Waals surface area contributed by atoms with Crippen LogP contribution in [0.5, 0.6) is 0 Å². The minimum atomic E-state index is 0. The van der Waals surface area contributed by atoms with E-state index in [-0.39, 0.29) is 30.1 Å². The summed E-state index contributed by atoms with van der Waals surface area (Å²) in [4.78, 5) is 12.4. The average molecular weight is 499 g/mol. The van der Waals surface area contributed by atoms with Crippen molar-refractivity contribution in [3.63, 3.8) is 0 Å². The zero-order chi connectivity index (χ0) is 18.5. The summed E-state index contributed by atoms with van der Waals surface area (Å²) in [6, 6.07) is 11.4. The number of hydrogen-bond acceptors (Lipinski definition) is 4. The van der Waals surface area contributed by atoms with Crippen LogP contribution in [-0.2, 0) is 4.74 Å². The van der Waals surface area contributed by atoms with Crippen molar-refractivity contribution in [2.45, 2.75) is 31.9 Å². The first-order valence-corrected chi connectivity index (χ1v) is 10.5. The predicted molar refractivity (Wildman–Crippen MR) is 126 cm³/mol. The van der Waals surface area contributed by atoms with Crippen molar-refractivity contribution in [2.75, 3.05) is 63.9 Å². The van der Waals surface area contributed by atoms with Crippen molar-refractivity contribution in [3.8, 4) is 0 Å². The highest BCUT2D eigenvalue weighted by molar-refractivity contribution is 14.0. The lowest BCUT2D eigenvalue weighted by Crippen LogP contribution is -2.53. The highest BCUT2D eigenvalue weighted by Crippen LogP contribution is 2.22. The van der Waals surface area contributed by atoms with Gasteiger partial charge in [0.05, 0.1) is 19.3 Å². The van der Waals surface area contributed by atoms with Crippen LogP contribution in [0.1, 0.15) is 19.8 Å². The number of para-hydroxylation sites is 1. The molecule has 0 bridgehead atoms. The van der Waals surface area contributed by atoms with Gasteiger partial charge in [0.1, 0.15) is 0 Å². The Morgan fingerprint density at radius 1 is 1.14 bits per heavy atom. The molecule has 3 fully saturated rings. The first-order chi connectivity index (χ1) is 13.3. The molecular formula is C21H34IN5O. The van der Waals surface area contributed by atoms with Gasteiger partial charge in [-0.2, -0.15) is 0 Å². The quantitative estimate of drug-likeness (QED) is 0.391. The second kappa shape index (κ2) is 10.6. The van der Waals surface area contributed by atoms with Gasteiger partial charge in [0.25, 0.3) is 0 Å². The first kappa shape index (κ1) is 21.6. The van der Waals surface area contributed by atoms with Gasteiger partial charge in [0.15, 0.2) is 5.96 Å². The number of nitrogens with one attached hydrogen (secondary N) is 1. The maximum Gasteiger partial charge on any atom is 0.194 e. The smallest absolute Gasteiger partial charge is 0.194 e. The highest BCUT2D eigenvalue weighted by Gasteiger charge is 2.32. The Bertz CT molecular complexity index is 620. The average Bonchev–Trinajstić information content (AvgIpc) is 3.20. The number of hydrogen-bond donors (Lipinski definition) is 1. The molecule has 2 unspecified atom stereocenters. The molecule has 1 N–H and O–H groups in total. The van der Waals surface area contributed by atoms with Crippen LogP contribution in [0.15, 0.2) is 35.3 Å². The molecule has 0 aromatic heterocycles. The van der Waals surface area contributed by atoms with E-state index >= 15 is 0 Å². The Morgan fingerprint density at radius 2 is 1.93 bits per heavy atom. The Labute approximate surface area is 186 Å². The first-order valence-electron chi connectivity index (χ1n) is 10.5. The molecule has 0 spiro atoms. The minimum absolute atomic E-state index is 0. The molecule has 2 atom stereocenters. The summed E-state index contributed by atoms with van der Waals surface area (Å²) >= 11 is 0. The summed E-state index contributed by atoms with van der Waals surface area (Å²) in [5.74, 6) is 1.04. The van der Waals surface area contributed by atoms with Gasteiger partial charge < -0.3 is 19.9 Å². The summed E-state index contributed by atoms with van der Waals surface area (Å²) in [5, 5.41) is 3.48. The van der Waals surface area contributed by atoms with E-state index in [0.29, 0.717) is 6.04 Å². The number of anilines is 1. The monoisotopic (exact) mass is 499 g/mol. The molecule has 28 heavy (non-hydrogen) atoms. The van der Waals surface area contributed by atoms with Crippen LogP contribution in [0.3, 0.4) is 0 Å². The second-order valence-electron chi connectivity index (χ2n) is 7.75. The van der Waals surface area contributed by atoms with Gasteiger partial charge in [-0.25, -0.2) is 0 Å². The third-order valence-corrected chi connectivity index (χ3v) is 5.94. The number of piperazine rings is 1. The number of morpholine rings is 1. The van der Waals surface area contributed by atoms with E-state index in [2.05, 4.69) is 57.3 Å². The van der Waals surface area contributed by atoms with Crippen molar-refractivity contribution in [1.29, 1.82) is 0 Å². The molecule has 0 amide bonds. The van der Waals surface area contributed by atoms with Gasteiger partial charge in [-0.05, 0) is 38.4 Å². The van der Waals surface area contributed by atoms with Crippen LogP contribution in [0.2, 0.25) is 0 Å². The summed E-state index contributed by atoms with van der Waals surface area (Å²) in [6.45, 7) is 11.0. The molecule has 4 rings (SSSR count). The number of nitrogens with zero attached hydrogens (tertiary/aromatic N) is 4. The molecule has 1 aromatic rings. The summed E-state index contributed by atoms with van der Waals surface area (Å²) < 4.78 is 6.08. The standard InChI is InChI=1S/C21H33N5O.HI/c1-2-22-21(23-15-20-16-26-10-6-9-19(26)17-27-20)25-13-11-24(12-14-25)18-7-4-3-5-8-18;/h3-5,7-8,19-20H,2,6,9-17H2,1H3,(H,22,23);1H. The molecule has 7 heteroatoms. The Morgan fingerprint density at radius 3 is 2.68 bits per heavy atom. The zero-order valence-electron chi connectivity index (χ0n) is 16.9. The molecule has 3 aliphatic rings. The van der Waals surface area contributed by atoms with E-state index in [1.54, 1.807) is 0 Å². The number of guanidine groups is 1. The third-order valence-electron chi connectivity index (χ3n) is 5.94. The number of fused-ring (bicyclic) bond motifs is 1. The van der Waals surface area contributed by atoms with Gasteiger partial charge >= 0.3 is 0 Å². The van der Waals surface area contributed by atoms with Crippen LogP contribution in [0.25, 0.3) is 0 Å². The molecule has 0 aliphatic carbocycles. The predicted octanol–water partition coefficient (Wildman–Crippen LogP) is 2.26. The van der Waals surface area contributed by atoms with E-state index < -0.39 is 0 Å². The number of aliphatic imine (C=N–C) groups is 1. The molecule has 3 aliphatic heterocycles. The summed E-state index contributed by atoms with van der Waals surface area (Å²) in [6.07, 6.45) is 2.85. The van der Waals surface area contributed by atoms with Crippen molar-refractivity contribution in [2.24, 2.45) is 4.99 Å². The molecule has 3 saturated heterocycles. The SMILES string of the molecule is CCNC(=NCC1CN2CCCC2CO1)N1CCN(c2ccccc2)CC1.I. The Hall–Kier alpha value is -1.06. The fourth-order valence-electron chi connectivity index (χ4n) is 4.43. The maximum absolute atomic E-state index is 6.08. The van der Waals surface area contributed by atoms with Gasteiger partial charge in [-0.1, -0.05) is 18.2 Å². The van der Waals surface area contributed by atoms with Crippen LogP contribution in [0, 0.1) is 0 Å². The topological polar surface area (TPSA) is 43.3 Å². The zero-order valence-corrected chi connectivity index (χ0v) is 19.3. The van der Waals surface area contributed by atoms with E-state index in [1.165, 1.54) is 25.1 Å². The molecule has 1 aromatic carbocycles. The molecule has 6 nitrogen and oxygen atoms in total. The van der Waals surface area contributed by atoms with E-state index in [9.17, 15) is 0 Å². The van der Waals surface area contributed by atoms with E-state index in [0.717, 1.165) is 58.4 Å². The van der Waals surface area contributed by atoms with Crippen molar-refractivity contribution < 1.29 is 4.74 Å². The van der Waals surface area contributed by atoms with Crippen molar-refractivity contribution in [3.05, 3.63) is 30.3 Å². The molecule has 156 valence electrons. The van der Waals surface area contributed by atoms with Gasteiger partial charge in [-0.3, -0.25) is 9.89 Å². The summed E-state index contributed by atoms with van der Waals surface area (Å²) in [7, 11) is 0. The fraction of sp³-hybridized carbons (Fsp3) is 0.667. The van der Waals surface area contributed by atoms with E-state index in [4.69, 9.17) is 9.73 Å². The van der Waals surface area contributed by atoms with Gasteiger partial charge in [0, 0.05) is 51.0 Å². The van der Waals surface area contributed by atoms with Gasteiger partial charge in [0.2, 0.25) is 0 Å².